The second-order valence-electron chi connectivity index (χ2n) is 10.8. The molecule has 3 N–H and O–H groups in total. The van der Waals surface area contributed by atoms with Gasteiger partial charge in [0.15, 0.2) is 0 Å². The molecule has 1 aliphatic carbocycles. The molecule has 2 fully saturated rings. The van der Waals surface area contributed by atoms with Crippen LogP contribution in [0.25, 0.3) is 0 Å². The van der Waals surface area contributed by atoms with E-state index in [1.165, 1.54) is 32.1 Å². The Bertz CT molecular complexity index is 1010. The van der Waals surface area contributed by atoms with Crippen LogP contribution in [0.1, 0.15) is 69.5 Å². The monoisotopic (exact) mass is 540 g/mol. The summed E-state index contributed by atoms with van der Waals surface area (Å²) >= 11 is 0. The second-order valence-corrected chi connectivity index (χ2v) is 10.8. The van der Waals surface area contributed by atoms with Gasteiger partial charge in [-0.05, 0) is 55.7 Å². The summed E-state index contributed by atoms with van der Waals surface area (Å²) in [6, 6.07) is 6.58. The van der Waals surface area contributed by atoms with E-state index < -0.39 is 6.04 Å². The Kier molecular flexibility index (Phi) is 10.6. The van der Waals surface area contributed by atoms with Crippen molar-refractivity contribution in [3.63, 3.8) is 0 Å². The van der Waals surface area contributed by atoms with Crippen LogP contribution in [0.5, 0.6) is 5.75 Å². The molecule has 0 spiro atoms. The molecule has 1 aromatic heterocycles. The third-order valence-electron chi connectivity index (χ3n) is 8.20. The molecule has 1 unspecified atom stereocenters. The van der Waals surface area contributed by atoms with Crippen LogP contribution in [-0.2, 0) is 22.4 Å². The molecule has 2 aliphatic rings. The highest BCUT2D eigenvalue weighted by Gasteiger charge is 2.44. The zero-order valence-corrected chi connectivity index (χ0v) is 23.4. The fraction of sp³-hybridized carbons (Fsp3) is 0.655. The van der Waals surface area contributed by atoms with E-state index in [9.17, 15) is 9.59 Å². The maximum absolute atomic E-state index is 13.8. The summed E-state index contributed by atoms with van der Waals surface area (Å²) in [7, 11) is 1.63. The van der Waals surface area contributed by atoms with Crippen molar-refractivity contribution >= 4 is 11.9 Å². The van der Waals surface area contributed by atoms with Gasteiger partial charge in [0.2, 0.25) is 5.91 Å². The molecule has 0 bridgehead atoms. The van der Waals surface area contributed by atoms with Crippen molar-refractivity contribution in [3.8, 4) is 5.75 Å². The van der Waals surface area contributed by atoms with Gasteiger partial charge < -0.3 is 25.0 Å². The van der Waals surface area contributed by atoms with Crippen molar-refractivity contribution in [1.29, 1.82) is 0 Å². The van der Waals surface area contributed by atoms with E-state index in [-0.39, 0.29) is 17.5 Å². The van der Waals surface area contributed by atoms with E-state index in [0.29, 0.717) is 38.4 Å². The fourth-order valence-electron chi connectivity index (χ4n) is 5.99. The third kappa shape index (κ3) is 7.94. The van der Waals surface area contributed by atoms with Crippen LogP contribution in [0.3, 0.4) is 0 Å². The average molecular weight is 541 g/mol. The number of hydrogen-bond donors (Lipinski definition) is 3. The van der Waals surface area contributed by atoms with Crippen LogP contribution in [-0.4, -0.2) is 77.2 Å². The van der Waals surface area contributed by atoms with E-state index in [4.69, 9.17) is 9.47 Å². The molecule has 1 saturated carbocycles. The Morgan fingerprint density at radius 1 is 1.15 bits per heavy atom. The molecule has 3 amide bonds. The van der Waals surface area contributed by atoms with Crippen molar-refractivity contribution in [3.05, 3.63) is 41.7 Å². The number of likely N-dealkylation sites (tertiary alicyclic amines) is 1. The maximum atomic E-state index is 13.8. The molecule has 2 aromatic rings. The summed E-state index contributed by atoms with van der Waals surface area (Å²) < 4.78 is 11.8. The van der Waals surface area contributed by atoms with Gasteiger partial charge in [0, 0.05) is 39.1 Å². The molecular weight excluding hydrogens is 496 g/mol. The first kappa shape index (κ1) is 28.9. The van der Waals surface area contributed by atoms with Gasteiger partial charge in [0.05, 0.1) is 24.6 Å². The first-order valence-corrected chi connectivity index (χ1v) is 14.5. The lowest BCUT2D eigenvalue weighted by molar-refractivity contribution is -0.149. The van der Waals surface area contributed by atoms with Gasteiger partial charge in [0.1, 0.15) is 11.8 Å². The third-order valence-corrected chi connectivity index (χ3v) is 8.20. The maximum Gasteiger partial charge on any atom is 0.315 e. The number of ether oxygens (including phenoxy) is 2. The van der Waals surface area contributed by atoms with Crippen molar-refractivity contribution in [2.75, 3.05) is 33.4 Å². The van der Waals surface area contributed by atoms with Gasteiger partial charge in [-0.15, -0.1) is 0 Å². The first-order chi connectivity index (χ1) is 19.0. The molecule has 1 saturated heterocycles. The summed E-state index contributed by atoms with van der Waals surface area (Å²) in [5.41, 5.74) is 1.59. The number of nitrogens with zero attached hydrogens (tertiary/aromatic N) is 3. The quantitative estimate of drug-likeness (QED) is 0.378. The number of carbonyl (C=O) groups excluding carboxylic acids is 2. The minimum absolute atomic E-state index is 0.0507. The van der Waals surface area contributed by atoms with Crippen molar-refractivity contribution in [2.24, 2.45) is 5.92 Å². The minimum atomic E-state index is -0.677. The first-order valence-electron chi connectivity index (χ1n) is 14.5. The van der Waals surface area contributed by atoms with E-state index in [0.717, 1.165) is 42.9 Å². The summed E-state index contributed by atoms with van der Waals surface area (Å²) in [6.45, 7) is 4.60. The van der Waals surface area contributed by atoms with E-state index >= 15 is 0 Å². The van der Waals surface area contributed by atoms with Gasteiger partial charge in [-0.2, -0.15) is 15.4 Å². The molecule has 1 aromatic carbocycles. The number of H-pyrrole nitrogens is 1. The van der Waals surface area contributed by atoms with E-state index in [2.05, 4.69) is 33.0 Å². The number of rotatable bonds is 12. The van der Waals surface area contributed by atoms with Gasteiger partial charge in [-0.25, -0.2) is 4.79 Å². The molecule has 214 valence electrons. The summed E-state index contributed by atoms with van der Waals surface area (Å²) in [4.78, 5) is 28.5. The molecule has 2 heterocycles. The topological polar surface area (TPSA) is 121 Å². The Labute approximate surface area is 231 Å². The van der Waals surface area contributed by atoms with E-state index in [1.807, 2.05) is 29.2 Å². The lowest BCUT2D eigenvalue weighted by Gasteiger charge is -2.48. The summed E-state index contributed by atoms with van der Waals surface area (Å²) in [5.74, 6) is 1.27. The smallest absolute Gasteiger partial charge is 0.315 e. The highest BCUT2D eigenvalue weighted by atomic mass is 16.5. The molecule has 1 aliphatic heterocycles. The molecule has 10 heteroatoms. The van der Waals surface area contributed by atoms with Crippen molar-refractivity contribution < 1.29 is 19.1 Å². The van der Waals surface area contributed by atoms with Gasteiger partial charge in [-0.3, -0.25) is 4.79 Å². The van der Waals surface area contributed by atoms with Crippen LogP contribution in [0.2, 0.25) is 0 Å². The van der Waals surface area contributed by atoms with E-state index in [1.54, 1.807) is 13.3 Å². The Balaban J connectivity index is 1.40. The lowest BCUT2D eigenvalue weighted by Crippen LogP contribution is -2.57. The standard InChI is InChI=1S/C29H44N6O4/c1-3-19-39-29(23-7-5-4-6-8-23)14-17-35(18-15-29)27(36)26(20-22-9-11-25(38-2)12-10-22)32-28(37)30-16-13-24-21-31-34-33-24/h9-12,21,23,26H,3-8,13-20H2,1-2H3,(H2,30,32,37)(H,31,33,34). The number of nitrogens with one attached hydrogen (secondary N) is 3. The Morgan fingerprint density at radius 3 is 2.54 bits per heavy atom. The SMILES string of the molecule is CCCOC1(C2CCCCC2)CCN(C(=O)C(Cc2ccc(OC)cc2)NC(=O)NCCc2cn[nH]n2)CC1. The zero-order valence-electron chi connectivity index (χ0n) is 23.4. The molecular formula is C29H44N6O4. The minimum Gasteiger partial charge on any atom is -0.497 e. The summed E-state index contributed by atoms with van der Waals surface area (Å²) in [5, 5.41) is 16.2. The predicted molar refractivity (Wildman–Crippen MR) is 148 cm³/mol. The molecule has 4 rings (SSSR count). The number of benzene rings is 1. The van der Waals surface area contributed by atoms with Crippen LogP contribution in [0, 0.1) is 5.92 Å². The number of methoxy groups -OCH3 is 1. The van der Waals surface area contributed by atoms with Crippen LogP contribution in [0.15, 0.2) is 30.5 Å². The highest BCUT2D eigenvalue weighted by molar-refractivity contribution is 5.87. The number of aromatic amines is 1. The molecule has 39 heavy (non-hydrogen) atoms. The van der Waals surface area contributed by atoms with Crippen LogP contribution >= 0.6 is 0 Å². The number of aromatic nitrogens is 3. The van der Waals surface area contributed by atoms with Crippen molar-refractivity contribution in [2.45, 2.75) is 82.8 Å². The summed E-state index contributed by atoms with van der Waals surface area (Å²) in [6.07, 6.45) is 11.6. The molecule has 0 radical (unpaired) electrons. The largest absolute Gasteiger partial charge is 0.497 e. The predicted octanol–water partition coefficient (Wildman–Crippen LogP) is 3.63. The number of carbonyl (C=O) groups is 2. The molecule has 1 atom stereocenters. The average Bonchev–Trinajstić information content (AvgIpc) is 3.50. The van der Waals surface area contributed by atoms with Crippen LogP contribution in [0.4, 0.5) is 4.79 Å². The normalized spacial score (nSPS) is 18.4. The lowest BCUT2D eigenvalue weighted by atomic mass is 9.72. The second kappa shape index (κ2) is 14.3. The highest BCUT2D eigenvalue weighted by Crippen LogP contribution is 2.42. The van der Waals surface area contributed by atoms with Gasteiger partial charge in [0.25, 0.3) is 0 Å². The van der Waals surface area contributed by atoms with Crippen molar-refractivity contribution in [1.82, 2.24) is 30.9 Å². The number of urea groups is 1. The molecule has 10 nitrogen and oxygen atoms in total. The Morgan fingerprint density at radius 2 is 1.90 bits per heavy atom. The fourth-order valence-corrected chi connectivity index (χ4v) is 5.99. The number of amides is 3. The Hall–Kier alpha value is -3.14. The number of piperidine rings is 1. The van der Waals surface area contributed by atoms with Gasteiger partial charge >= 0.3 is 6.03 Å². The zero-order chi connectivity index (χ0) is 27.5. The van der Waals surface area contributed by atoms with Gasteiger partial charge in [-0.1, -0.05) is 38.3 Å². The van der Waals surface area contributed by atoms with Crippen LogP contribution < -0.4 is 15.4 Å². The number of hydrogen-bond acceptors (Lipinski definition) is 6.